The number of hydrogen-bond donors (Lipinski definition) is 1. The number of sulfonamides is 1. The molecule has 2 fully saturated rings. The minimum Gasteiger partial charge on any atom is -0.327 e. The van der Waals surface area contributed by atoms with Gasteiger partial charge in [-0.3, -0.25) is 0 Å². The lowest BCUT2D eigenvalue weighted by molar-refractivity contribution is 0.260. The lowest BCUT2D eigenvalue weighted by Crippen LogP contribution is -2.38. The largest absolute Gasteiger partial charge is 0.327 e. The van der Waals surface area contributed by atoms with Crippen molar-refractivity contribution in [2.45, 2.75) is 30.2 Å². The van der Waals surface area contributed by atoms with Crippen molar-refractivity contribution in [3.63, 3.8) is 0 Å². The molecule has 3 atom stereocenters. The van der Waals surface area contributed by atoms with Crippen LogP contribution in [-0.2, 0) is 10.0 Å². The van der Waals surface area contributed by atoms with Crippen LogP contribution in [0.1, 0.15) is 19.3 Å². The molecule has 116 valence electrons. The topological polar surface area (TPSA) is 63.4 Å². The fourth-order valence-electron chi connectivity index (χ4n) is 3.53. The molecule has 3 unspecified atom stereocenters. The first-order chi connectivity index (χ1) is 9.91. The molecule has 4 nitrogen and oxygen atoms in total. The van der Waals surface area contributed by atoms with Crippen molar-refractivity contribution in [3.8, 4) is 0 Å². The molecule has 0 bridgehead atoms. The van der Waals surface area contributed by atoms with Gasteiger partial charge in [0.05, 0.1) is 0 Å². The van der Waals surface area contributed by atoms with E-state index in [0.717, 1.165) is 37.5 Å². The zero-order valence-corrected chi connectivity index (χ0v) is 12.3. The Balaban J connectivity index is 1.93. The molecule has 0 aromatic heterocycles. The van der Waals surface area contributed by atoms with Crippen LogP contribution in [0.15, 0.2) is 23.1 Å². The van der Waals surface area contributed by atoms with Gasteiger partial charge < -0.3 is 5.73 Å². The minimum atomic E-state index is -4.15. The van der Waals surface area contributed by atoms with Gasteiger partial charge in [-0.1, -0.05) is 12.5 Å². The first-order valence-corrected chi connectivity index (χ1v) is 8.55. The molecule has 1 aromatic carbocycles. The number of halogens is 2. The summed E-state index contributed by atoms with van der Waals surface area (Å²) in [7, 11) is -4.15. The van der Waals surface area contributed by atoms with Gasteiger partial charge in [0.2, 0.25) is 10.0 Å². The Morgan fingerprint density at radius 1 is 1.14 bits per heavy atom. The summed E-state index contributed by atoms with van der Waals surface area (Å²) < 4.78 is 53.8. The Bertz CT molecular complexity index is 630. The van der Waals surface area contributed by atoms with Crippen LogP contribution >= 0.6 is 0 Å². The molecule has 2 N–H and O–H groups in total. The molecule has 3 rings (SSSR count). The summed E-state index contributed by atoms with van der Waals surface area (Å²) in [6.45, 7) is 0.552. The summed E-state index contributed by atoms with van der Waals surface area (Å²) in [4.78, 5) is -0.850. The summed E-state index contributed by atoms with van der Waals surface area (Å²) in [6, 6.07) is 3.05. The van der Waals surface area contributed by atoms with Crippen LogP contribution in [0.25, 0.3) is 0 Å². The molecule has 21 heavy (non-hydrogen) atoms. The highest BCUT2D eigenvalue weighted by Crippen LogP contribution is 2.38. The van der Waals surface area contributed by atoms with E-state index >= 15 is 0 Å². The smallest absolute Gasteiger partial charge is 0.248 e. The van der Waals surface area contributed by atoms with Crippen molar-refractivity contribution >= 4 is 10.0 Å². The predicted octanol–water partition coefficient (Wildman–Crippen LogP) is 1.71. The standard InChI is InChI=1S/C14H18F2N2O2S/c15-11-4-2-5-12(16)14(11)21(19,20)18-7-9-3-1-6-13(17)10(9)8-18/h2,4-5,9-10,13H,1,3,6-8,17H2. The van der Waals surface area contributed by atoms with E-state index in [1.165, 1.54) is 4.31 Å². The molecule has 1 aromatic rings. The molecular weight excluding hydrogens is 298 g/mol. The highest BCUT2D eigenvalue weighted by molar-refractivity contribution is 7.89. The zero-order valence-electron chi connectivity index (χ0n) is 11.5. The van der Waals surface area contributed by atoms with Crippen LogP contribution in [0.3, 0.4) is 0 Å². The van der Waals surface area contributed by atoms with Gasteiger partial charge in [0.15, 0.2) is 4.90 Å². The lowest BCUT2D eigenvalue weighted by atomic mass is 9.78. The monoisotopic (exact) mass is 316 g/mol. The molecule has 0 spiro atoms. The average molecular weight is 316 g/mol. The van der Waals surface area contributed by atoms with E-state index in [9.17, 15) is 17.2 Å². The predicted molar refractivity (Wildman–Crippen MR) is 73.9 cm³/mol. The van der Waals surface area contributed by atoms with Crippen LogP contribution in [-0.4, -0.2) is 31.9 Å². The quantitative estimate of drug-likeness (QED) is 0.903. The van der Waals surface area contributed by atoms with Crippen LogP contribution in [0, 0.1) is 23.5 Å². The second-order valence-corrected chi connectivity index (χ2v) is 7.77. The maximum absolute atomic E-state index is 13.8. The molecule has 1 saturated heterocycles. The number of hydrogen-bond acceptors (Lipinski definition) is 3. The Labute approximate surface area is 123 Å². The number of nitrogens with zero attached hydrogens (tertiary/aromatic N) is 1. The third-order valence-electron chi connectivity index (χ3n) is 4.64. The van der Waals surface area contributed by atoms with E-state index in [2.05, 4.69) is 0 Å². The molecule has 1 heterocycles. The summed E-state index contributed by atoms with van der Waals surface area (Å²) in [6.07, 6.45) is 2.78. The van der Waals surface area contributed by atoms with Crippen molar-refractivity contribution in [3.05, 3.63) is 29.8 Å². The zero-order chi connectivity index (χ0) is 15.2. The van der Waals surface area contributed by atoms with Crippen molar-refractivity contribution < 1.29 is 17.2 Å². The fraction of sp³-hybridized carbons (Fsp3) is 0.571. The Hall–Kier alpha value is -1.05. The second kappa shape index (κ2) is 5.30. The fourth-order valence-corrected chi connectivity index (χ4v) is 5.17. The summed E-state index contributed by atoms with van der Waals surface area (Å²) in [5, 5.41) is 0. The number of fused-ring (bicyclic) bond motifs is 1. The minimum absolute atomic E-state index is 0.0329. The van der Waals surface area contributed by atoms with Gasteiger partial charge in [-0.05, 0) is 36.8 Å². The van der Waals surface area contributed by atoms with E-state index in [-0.39, 0.29) is 24.4 Å². The first-order valence-electron chi connectivity index (χ1n) is 7.11. The number of rotatable bonds is 2. The molecule has 0 amide bonds. The molecule has 2 aliphatic rings. The van der Waals surface area contributed by atoms with Crippen LogP contribution in [0.2, 0.25) is 0 Å². The number of benzene rings is 1. The van der Waals surface area contributed by atoms with Crippen molar-refractivity contribution in [1.29, 1.82) is 0 Å². The summed E-state index contributed by atoms with van der Waals surface area (Å²) in [5.74, 6) is -1.81. The third kappa shape index (κ3) is 2.47. The maximum atomic E-state index is 13.8. The van der Waals surface area contributed by atoms with Crippen LogP contribution < -0.4 is 5.73 Å². The van der Waals surface area contributed by atoms with Gasteiger partial charge in [0.1, 0.15) is 11.6 Å². The molecule has 0 radical (unpaired) electrons. The van der Waals surface area contributed by atoms with Crippen molar-refractivity contribution in [2.24, 2.45) is 17.6 Å². The van der Waals surface area contributed by atoms with Crippen LogP contribution in [0.5, 0.6) is 0 Å². The lowest BCUT2D eigenvalue weighted by Gasteiger charge is -2.29. The van der Waals surface area contributed by atoms with Gasteiger partial charge >= 0.3 is 0 Å². The van der Waals surface area contributed by atoms with Crippen LogP contribution in [0.4, 0.5) is 8.78 Å². The summed E-state index contributed by atoms with van der Waals surface area (Å²) in [5.41, 5.74) is 6.05. The highest BCUT2D eigenvalue weighted by atomic mass is 32.2. The van der Waals surface area contributed by atoms with Crippen molar-refractivity contribution in [2.75, 3.05) is 13.1 Å². The normalized spacial score (nSPS) is 30.3. The van der Waals surface area contributed by atoms with E-state index in [4.69, 9.17) is 5.73 Å². The van der Waals surface area contributed by atoms with Gasteiger partial charge in [0, 0.05) is 19.1 Å². The third-order valence-corrected chi connectivity index (χ3v) is 6.52. The molecule has 1 aliphatic carbocycles. The molecule has 1 aliphatic heterocycles. The molecule has 7 heteroatoms. The van der Waals surface area contributed by atoms with Crippen molar-refractivity contribution in [1.82, 2.24) is 4.31 Å². The average Bonchev–Trinajstić information content (AvgIpc) is 2.84. The highest BCUT2D eigenvalue weighted by Gasteiger charge is 2.44. The van der Waals surface area contributed by atoms with E-state index < -0.39 is 26.6 Å². The maximum Gasteiger partial charge on any atom is 0.248 e. The Morgan fingerprint density at radius 3 is 2.43 bits per heavy atom. The SMILES string of the molecule is NC1CCCC2CN(S(=O)(=O)c3c(F)cccc3F)CC12. The Morgan fingerprint density at radius 2 is 1.81 bits per heavy atom. The molecular formula is C14H18F2N2O2S. The van der Waals surface area contributed by atoms with E-state index in [0.29, 0.717) is 6.54 Å². The van der Waals surface area contributed by atoms with E-state index in [1.54, 1.807) is 0 Å². The molecule has 1 saturated carbocycles. The van der Waals surface area contributed by atoms with E-state index in [1.807, 2.05) is 0 Å². The number of nitrogens with two attached hydrogens (primary N) is 1. The first kappa shape index (κ1) is 14.9. The van der Waals surface area contributed by atoms with Gasteiger partial charge in [-0.25, -0.2) is 17.2 Å². The van der Waals surface area contributed by atoms with Gasteiger partial charge in [0.25, 0.3) is 0 Å². The second-order valence-electron chi connectivity index (χ2n) is 5.89. The van der Waals surface area contributed by atoms with Gasteiger partial charge in [-0.15, -0.1) is 0 Å². The Kier molecular flexibility index (Phi) is 3.75. The van der Waals surface area contributed by atoms with Gasteiger partial charge in [-0.2, -0.15) is 4.31 Å². The summed E-state index contributed by atoms with van der Waals surface area (Å²) >= 11 is 0.